The van der Waals surface area contributed by atoms with E-state index in [0.717, 1.165) is 41.6 Å². The molecule has 2 heterocycles. The summed E-state index contributed by atoms with van der Waals surface area (Å²) in [6, 6.07) is 19.4. The van der Waals surface area contributed by atoms with Gasteiger partial charge < -0.3 is 14.6 Å². The summed E-state index contributed by atoms with van der Waals surface area (Å²) >= 11 is 13.8. The van der Waals surface area contributed by atoms with Gasteiger partial charge in [-0.25, -0.2) is 0 Å². The second-order valence-electron chi connectivity index (χ2n) is 10.6. The number of hydrogen-bond donors (Lipinski definition) is 1. The van der Waals surface area contributed by atoms with E-state index < -0.39 is 22.9 Å². The maximum Gasteiger partial charge on any atom is 0.214 e. The number of halogens is 3. The van der Waals surface area contributed by atoms with Crippen molar-refractivity contribution >= 4 is 82.6 Å². The lowest BCUT2D eigenvalue weighted by atomic mass is 9.61. The molecule has 5 nitrogen and oxygen atoms in total. The first-order valence-electron chi connectivity index (χ1n) is 12.8. The summed E-state index contributed by atoms with van der Waals surface area (Å²) in [6.07, 6.45) is 2.03. The molecule has 3 atom stereocenters. The third-order valence-corrected chi connectivity index (χ3v) is 9.85. The van der Waals surface area contributed by atoms with E-state index in [1.54, 1.807) is 6.92 Å². The van der Waals surface area contributed by atoms with Crippen molar-refractivity contribution in [2.75, 3.05) is 0 Å². The molecule has 4 aromatic rings. The number of carbonyl (C=O) groups is 2. The Balaban J connectivity index is 1.55. The molecule has 1 spiro atoms. The number of benzene rings is 4. The summed E-state index contributed by atoms with van der Waals surface area (Å²) in [7, 11) is 0. The van der Waals surface area contributed by atoms with Crippen LogP contribution in [0.2, 0.25) is 0 Å². The molecular weight excluding hydrogens is 660 g/mol. The van der Waals surface area contributed by atoms with Gasteiger partial charge in [0.05, 0.1) is 5.92 Å². The standard InChI is InChI=1S/C32H21Br2ClO5/c1-15(16(2)36)32(38)30(37)28(35)29-25(13-23-21-7-5-19(33)11-17(21)3-9-26(23)39-29)31(32)14-24-22-8-6-20(34)12-18(22)4-10-27(24)40-31/h3-13,15,38H,14H2,1-2H3/t15-,31+,32+/m1/s1. The maximum atomic E-state index is 14.0. The number of rotatable bonds is 2. The molecule has 0 fully saturated rings. The quantitative estimate of drug-likeness (QED) is 0.236. The van der Waals surface area contributed by atoms with Crippen molar-refractivity contribution in [1.29, 1.82) is 0 Å². The Labute approximate surface area is 251 Å². The van der Waals surface area contributed by atoms with Crippen LogP contribution in [0.5, 0.6) is 11.5 Å². The molecule has 0 saturated heterocycles. The van der Waals surface area contributed by atoms with E-state index >= 15 is 0 Å². The van der Waals surface area contributed by atoms with E-state index in [1.807, 2.05) is 66.7 Å². The van der Waals surface area contributed by atoms with Gasteiger partial charge in [-0.15, -0.1) is 0 Å². The highest BCUT2D eigenvalue weighted by molar-refractivity contribution is 9.10. The minimum Gasteiger partial charge on any atom is -0.478 e. The first-order chi connectivity index (χ1) is 19.0. The largest absolute Gasteiger partial charge is 0.478 e. The summed E-state index contributed by atoms with van der Waals surface area (Å²) < 4.78 is 14.9. The number of Topliss-reactive ketones (excluding diaryl/α,β-unsaturated/α-hetero) is 2. The van der Waals surface area contributed by atoms with E-state index in [-0.39, 0.29) is 23.0 Å². The number of aliphatic hydroxyl groups is 1. The highest BCUT2D eigenvalue weighted by Gasteiger charge is 2.70. The highest BCUT2D eigenvalue weighted by Crippen LogP contribution is 2.58. The van der Waals surface area contributed by atoms with Gasteiger partial charge in [0.15, 0.2) is 17.0 Å². The fourth-order valence-corrected chi connectivity index (χ4v) is 7.38. The number of ether oxygens (including phenoxy) is 2. The van der Waals surface area contributed by atoms with Crippen LogP contribution in [0.3, 0.4) is 0 Å². The number of ketones is 2. The smallest absolute Gasteiger partial charge is 0.214 e. The van der Waals surface area contributed by atoms with E-state index in [1.165, 1.54) is 6.92 Å². The van der Waals surface area contributed by atoms with Crippen LogP contribution in [-0.4, -0.2) is 27.9 Å². The Kier molecular flexibility index (Phi) is 5.69. The van der Waals surface area contributed by atoms with Gasteiger partial charge in [0.1, 0.15) is 22.3 Å². The molecule has 0 amide bonds. The molecule has 0 bridgehead atoms. The van der Waals surface area contributed by atoms with Gasteiger partial charge in [-0.1, -0.05) is 74.7 Å². The van der Waals surface area contributed by atoms with Crippen LogP contribution < -0.4 is 9.47 Å². The third kappa shape index (κ3) is 3.35. The summed E-state index contributed by atoms with van der Waals surface area (Å²) in [4.78, 5) is 26.9. The van der Waals surface area contributed by atoms with Crippen molar-refractivity contribution < 1.29 is 24.2 Å². The molecule has 0 saturated carbocycles. The summed E-state index contributed by atoms with van der Waals surface area (Å²) in [5.74, 6) is -1.07. The number of hydrogen-bond acceptors (Lipinski definition) is 5. The van der Waals surface area contributed by atoms with Gasteiger partial charge in [-0.3, -0.25) is 9.59 Å². The van der Waals surface area contributed by atoms with E-state index in [9.17, 15) is 14.7 Å². The minimum absolute atomic E-state index is 0.135. The van der Waals surface area contributed by atoms with Crippen LogP contribution >= 0.6 is 43.5 Å². The Morgan fingerprint density at radius 2 is 1.60 bits per heavy atom. The maximum absolute atomic E-state index is 14.0. The number of fused-ring (bicyclic) bond motifs is 8. The molecule has 0 unspecified atom stereocenters. The van der Waals surface area contributed by atoms with Crippen molar-refractivity contribution in [2.45, 2.75) is 31.5 Å². The van der Waals surface area contributed by atoms with Gasteiger partial charge in [-0.2, -0.15) is 0 Å². The summed E-state index contributed by atoms with van der Waals surface area (Å²) in [5, 5.41) is 16.0. The lowest BCUT2D eigenvalue weighted by Gasteiger charge is -2.50. The molecule has 8 heteroatoms. The van der Waals surface area contributed by atoms with Crippen molar-refractivity contribution in [1.82, 2.24) is 0 Å². The van der Waals surface area contributed by atoms with E-state index in [0.29, 0.717) is 17.1 Å². The Hall–Kier alpha value is -2.97. The molecule has 7 rings (SSSR count). The van der Waals surface area contributed by atoms with Crippen LogP contribution in [0.25, 0.3) is 27.6 Å². The molecular formula is C32H21Br2ClO5. The zero-order valence-corrected chi connectivity index (χ0v) is 25.3. The van der Waals surface area contributed by atoms with Gasteiger partial charge >= 0.3 is 0 Å². The minimum atomic E-state index is -2.29. The average Bonchev–Trinajstić information content (AvgIpc) is 3.35. The topological polar surface area (TPSA) is 72.8 Å². The lowest BCUT2D eigenvalue weighted by molar-refractivity contribution is -0.171. The molecule has 4 aromatic carbocycles. The predicted molar refractivity (Wildman–Crippen MR) is 162 cm³/mol. The predicted octanol–water partition coefficient (Wildman–Crippen LogP) is 7.66. The third-order valence-electron chi connectivity index (χ3n) is 8.52. The van der Waals surface area contributed by atoms with Crippen molar-refractivity contribution in [2.24, 2.45) is 5.92 Å². The Morgan fingerprint density at radius 1 is 0.975 bits per heavy atom. The second-order valence-corrected chi connectivity index (χ2v) is 12.8. The van der Waals surface area contributed by atoms with Crippen LogP contribution in [0.15, 0.2) is 86.0 Å². The molecule has 0 radical (unpaired) electrons. The molecule has 200 valence electrons. The Bertz CT molecular complexity index is 1910. The number of carbonyl (C=O) groups excluding carboxylic acids is 2. The second kappa shape index (κ2) is 8.76. The summed E-state index contributed by atoms with van der Waals surface area (Å²) in [6.45, 7) is 2.90. The fourth-order valence-electron chi connectivity index (χ4n) is 6.34. The van der Waals surface area contributed by atoms with E-state index in [2.05, 4.69) is 31.9 Å². The van der Waals surface area contributed by atoms with Crippen LogP contribution in [0.4, 0.5) is 0 Å². The van der Waals surface area contributed by atoms with Gasteiger partial charge in [-0.05, 0) is 70.9 Å². The van der Waals surface area contributed by atoms with Crippen LogP contribution in [0, 0.1) is 5.92 Å². The van der Waals surface area contributed by atoms with Gasteiger partial charge in [0, 0.05) is 32.1 Å². The SMILES string of the molecule is CC(=O)[C@@H](C)[C@]1(O)C(=O)C(Cl)=C2Oc3ccc4cc(Br)ccc4c3C=C2[C@@]12Cc1c(ccc3cc(Br)ccc13)O2. The molecule has 3 aliphatic rings. The van der Waals surface area contributed by atoms with Crippen molar-refractivity contribution in [3.8, 4) is 11.5 Å². The zero-order chi connectivity index (χ0) is 28.1. The molecule has 0 aromatic heterocycles. The first-order valence-corrected chi connectivity index (χ1v) is 14.7. The van der Waals surface area contributed by atoms with E-state index in [4.69, 9.17) is 21.1 Å². The first kappa shape index (κ1) is 26.0. The normalized spacial score (nSPS) is 23.9. The van der Waals surface area contributed by atoms with Crippen molar-refractivity contribution in [3.63, 3.8) is 0 Å². The van der Waals surface area contributed by atoms with Crippen LogP contribution in [-0.2, 0) is 16.0 Å². The van der Waals surface area contributed by atoms with Gasteiger partial charge in [0.2, 0.25) is 5.78 Å². The molecule has 1 N–H and O–H groups in total. The molecule has 2 aliphatic heterocycles. The van der Waals surface area contributed by atoms with Crippen LogP contribution in [0.1, 0.15) is 25.0 Å². The summed E-state index contributed by atoms with van der Waals surface area (Å²) in [5.41, 5.74) is -1.93. The lowest BCUT2D eigenvalue weighted by Crippen LogP contribution is -2.70. The van der Waals surface area contributed by atoms with Crippen molar-refractivity contribution in [3.05, 3.63) is 97.1 Å². The highest BCUT2D eigenvalue weighted by atomic mass is 79.9. The zero-order valence-electron chi connectivity index (χ0n) is 21.3. The molecule has 1 aliphatic carbocycles. The fraction of sp³-hybridized carbons (Fsp3) is 0.188. The molecule has 40 heavy (non-hydrogen) atoms. The average molecular weight is 681 g/mol. The van der Waals surface area contributed by atoms with Gasteiger partial charge in [0.25, 0.3) is 0 Å². The monoisotopic (exact) mass is 678 g/mol. The Morgan fingerprint density at radius 3 is 2.27 bits per heavy atom.